The Morgan fingerprint density at radius 1 is 1.00 bits per heavy atom. The van der Waals surface area contributed by atoms with Crippen LogP contribution in [-0.2, 0) is 5.75 Å². The van der Waals surface area contributed by atoms with Crippen LogP contribution >= 0.6 is 11.8 Å². The highest BCUT2D eigenvalue weighted by Gasteiger charge is 2.04. The van der Waals surface area contributed by atoms with E-state index < -0.39 is 0 Å². The molecule has 1 aliphatic rings. The molecule has 0 amide bonds. The standard InChI is InChI=1S/C13H16N2S/c14-11-3-1-10(2-4-11)9-16-13-7-5-12(15)6-8-13/h1-5,7H,6,8-9,14-15H2. The van der Waals surface area contributed by atoms with Crippen LogP contribution in [-0.4, -0.2) is 0 Å². The lowest BCUT2D eigenvalue weighted by Gasteiger charge is -2.11. The van der Waals surface area contributed by atoms with Crippen LogP contribution in [0.15, 0.2) is 47.0 Å². The summed E-state index contributed by atoms with van der Waals surface area (Å²) in [6, 6.07) is 8.05. The molecule has 4 N–H and O–H groups in total. The highest BCUT2D eigenvalue weighted by molar-refractivity contribution is 8.02. The molecular weight excluding hydrogens is 216 g/mol. The van der Waals surface area contributed by atoms with Gasteiger partial charge in [0.2, 0.25) is 0 Å². The summed E-state index contributed by atoms with van der Waals surface area (Å²) in [6.07, 6.45) is 6.19. The fraction of sp³-hybridized carbons (Fsp3) is 0.231. The summed E-state index contributed by atoms with van der Waals surface area (Å²) < 4.78 is 0. The van der Waals surface area contributed by atoms with Crippen molar-refractivity contribution in [3.63, 3.8) is 0 Å². The summed E-state index contributed by atoms with van der Waals surface area (Å²) in [6.45, 7) is 0. The number of allylic oxidation sites excluding steroid dienone is 4. The van der Waals surface area contributed by atoms with Gasteiger partial charge in [0.25, 0.3) is 0 Å². The molecule has 0 heterocycles. The van der Waals surface area contributed by atoms with Gasteiger partial charge in [-0.2, -0.15) is 0 Å². The summed E-state index contributed by atoms with van der Waals surface area (Å²) in [4.78, 5) is 1.41. The topological polar surface area (TPSA) is 52.0 Å². The third-order valence-electron chi connectivity index (χ3n) is 2.55. The van der Waals surface area contributed by atoms with Crippen LogP contribution in [0.1, 0.15) is 18.4 Å². The SMILES string of the molecule is NC1=CC=C(SCc2ccc(N)cc2)CC1. The minimum Gasteiger partial charge on any atom is -0.402 e. The predicted molar refractivity (Wildman–Crippen MR) is 71.7 cm³/mol. The van der Waals surface area contributed by atoms with Crippen molar-refractivity contribution in [2.24, 2.45) is 5.73 Å². The second-order valence-electron chi connectivity index (χ2n) is 3.90. The molecule has 0 saturated heterocycles. The molecule has 0 atom stereocenters. The number of nitrogen functional groups attached to an aromatic ring is 1. The third kappa shape index (κ3) is 3.07. The lowest BCUT2D eigenvalue weighted by Crippen LogP contribution is -2.00. The summed E-state index contributed by atoms with van der Waals surface area (Å²) in [5.74, 6) is 1.000. The molecule has 84 valence electrons. The van der Waals surface area contributed by atoms with Gasteiger partial charge < -0.3 is 11.5 Å². The van der Waals surface area contributed by atoms with E-state index in [-0.39, 0.29) is 0 Å². The summed E-state index contributed by atoms with van der Waals surface area (Å²) in [7, 11) is 0. The number of hydrogen-bond acceptors (Lipinski definition) is 3. The summed E-state index contributed by atoms with van der Waals surface area (Å²) in [5, 5.41) is 0. The molecule has 1 aliphatic carbocycles. The van der Waals surface area contributed by atoms with Crippen molar-refractivity contribution in [2.45, 2.75) is 18.6 Å². The Kier molecular flexibility index (Phi) is 3.57. The highest BCUT2D eigenvalue weighted by atomic mass is 32.2. The molecule has 2 nitrogen and oxygen atoms in total. The number of nitrogens with two attached hydrogens (primary N) is 2. The Labute approximate surface area is 100 Å². The average Bonchev–Trinajstić information content (AvgIpc) is 2.30. The minimum absolute atomic E-state index is 0.821. The fourth-order valence-electron chi connectivity index (χ4n) is 1.54. The normalized spacial score (nSPS) is 15.5. The maximum Gasteiger partial charge on any atom is 0.0314 e. The first kappa shape index (κ1) is 11.1. The van der Waals surface area contributed by atoms with E-state index in [0.29, 0.717) is 0 Å². The average molecular weight is 232 g/mol. The van der Waals surface area contributed by atoms with E-state index in [9.17, 15) is 0 Å². The number of rotatable bonds is 3. The lowest BCUT2D eigenvalue weighted by atomic mass is 10.1. The quantitative estimate of drug-likeness (QED) is 0.788. The van der Waals surface area contributed by atoms with E-state index in [2.05, 4.69) is 18.2 Å². The molecule has 0 radical (unpaired) electrons. The Morgan fingerprint density at radius 3 is 2.38 bits per heavy atom. The van der Waals surface area contributed by atoms with Gasteiger partial charge in [-0.1, -0.05) is 18.2 Å². The van der Waals surface area contributed by atoms with Crippen LogP contribution in [0.2, 0.25) is 0 Å². The number of thioether (sulfide) groups is 1. The van der Waals surface area contributed by atoms with Crippen molar-refractivity contribution in [3.8, 4) is 0 Å². The molecule has 0 saturated carbocycles. The fourth-order valence-corrected chi connectivity index (χ4v) is 2.50. The van der Waals surface area contributed by atoms with Crippen LogP contribution in [0.3, 0.4) is 0 Å². The second-order valence-corrected chi connectivity index (χ2v) is 5.01. The number of anilines is 1. The maximum atomic E-state index is 5.71. The van der Waals surface area contributed by atoms with Gasteiger partial charge >= 0.3 is 0 Å². The van der Waals surface area contributed by atoms with Gasteiger partial charge in [0, 0.05) is 17.1 Å². The van der Waals surface area contributed by atoms with Gasteiger partial charge in [0.1, 0.15) is 0 Å². The van der Waals surface area contributed by atoms with Crippen LogP contribution in [0, 0.1) is 0 Å². The Balaban J connectivity index is 1.90. The molecule has 0 spiro atoms. The van der Waals surface area contributed by atoms with Crippen LogP contribution in [0.25, 0.3) is 0 Å². The molecule has 1 aromatic carbocycles. The molecule has 0 aromatic heterocycles. The zero-order valence-electron chi connectivity index (χ0n) is 9.15. The first-order valence-electron chi connectivity index (χ1n) is 5.36. The molecule has 0 aliphatic heterocycles. The van der Waals surface area contributed by atoms with E-state index in [1.54, 1.807) is 0 Å². The number of hydrogen-bond donors (Lipinski definition) is 2. The van der Waals surface area contributed by atoms with Crippen molar-refractivity contribution >= 4 is 17.4 Å². The van der Waals surface area contributed by atoms with E-state index in [0.717, 1.165) is 30.0 Å². The lowest BCUT2D eigenvalue weighted by molar-refractivity contribution is 0.932. The molecule has 0 unspecified atom stereocenters. The first-order valence-corrected chi connectivity index (χ1v) is 6.35. The highest BCUT2D eigenvalue weighted by Crippen LogP contribution is 2.28. The van der Waals surface area contributed by atoms with E-state index in [4.69, 9.17) is 11.5 Å². The maximum absolute atomic E-state index is 5.71. The first-order chi connectivity index (χ1) is 7.74. The van der Waals surface area contributed by atoms with Crippen molar-refractivity contribution in [1.82, 2.24) is 0 Å². The van der Waals surface area contributed by atoms with Gasteiger partial charge in [0.15, 0.2) is 0 Å². The van der Waals surface area contributed by atoms with Gasteiger partial charge in [-0.3, -0.25) is 0 Å². The van der Waals surface area contributed by atoms with E-state index in [1.807, 2.05) is 30.0 Å². The molecule has 16 heavy (non-hydrogen) atoms. The molecule has 1 aromatic rings. The van der Waals surface area contributed by atoms with E-state index >= 15 is 0 Å². The smallest absolute Gasteiger partial charge is 0.0314 e. The zero-order chi connectivity index (χ0) is 11.4. The predicted octanol–water partition coefficient (Wildman–Crippen LogP) is 3.02. The minimum atomic E-state index is 0.821. The molecule has 2 rings (SSSR count). The van der Waals surface area contributed by atoms with Gasteiger partial charge in [-0.05, 0) is 41.5 Å². The van der Waals surface area contributed by atoms with E-state index in [1.165, 1.54) is 10.5 Å². The summed E-state index contributed by atoms with van der Waals surface area (Å²) >= 11 is 1.88. The van der Waals surface area contributed by atoms with Crippen LogP contribution in [0.4, 0.5) is 5.69 Å². The molecule has 0 fully saturated rings. The van der Waals surface area contributed by atoms with Crippen molar-refractivity contribution in [2.75, 3.05) is 5.73 Å². The van der Waals surface area contributed by atoms with Crippen molar-refractivity contribution < 1.29 is 0 Å². The summed E-state index contributed by atoms with van der Waals surface area (Å²) in [5.41, 5.74) is 14.5. The van der Waals surface area contributed by atoms with Gasteiger partial charge in [-0.15, -0.1) is 11.8 Å². The Morgan fingerprint density at radius 2 is 1.75 bits per heavy atom. The van der Waals surface area contributed by atoms with Crippen LogP contribution in [0.5, 0.6) is 0 Å². The largest absolute Gasteiger partial charge is 0.402 e. The zero-order valence-corrected chi connectivity index (χ0v) is 9.96. The Bertz CT molecular complexity index is 418. The van der Waals surface area contributed by atoms with Crippen molar-refractivity contribution in [1.29, 1.82) is 0 Å². The number of benzene rings is 1. The molecule has 3 heteroatoms. The second kappa shape index (κ2) is 5.12. The molecular formula is C13H16N2S. The Hall–Kier alpha value is -1.35. The van der Waals surface area contributed by atoms with Crippen LogP contribution < -0.4 is 11.5 Å². The van der Waals surface area contributed by atoms with Gasteiger partial charge in [0.05, 0.1) is 0 Å². The third-order valence-corrected chi connectivity index (χ3v) is 3.74. The monoisotopic (exact) mass is 232 g/mol. The van der Waals surface area contributed by atoms with Crippen molar-refractivity contribution in [3.05, 3.63) is 52.6 Å². The van der Waals surface area contributed by atoms with Gasteiger partial charge in [-0.25, -0.2) is 0 Å². The molecule has 0 bridgehead atoms.